The van der Waals surface area contributed by atoms with Gasteiger partial charge >= 0.3 is 0 Å². The lowest BCUT2D eigenvalue weighted by Crippen LogP contribution is -2.17. The van der Waals surface area contributed by atoms with Gasteiger partial charge in [-0.3, -0.25) is 14.9 Å². The zero-order valence-electron chi connectivity index (χ0n) is 16.3. The van der Waals surface area contributed by atoms with Gasteiger partial charge in [0.05, 0.1) is 34.3 Å². The van der Waals surface area contributed by atoms with Gasteiger partial charge in [0.1, 0.15) is 5.75 Å². The molecule has 0 spiro atoms. The number of hydrogen-bond donors (Lipinski definition) is 1. The number of nitrogens with zero attached hydrogens (tertiary/aromatic N) is 2. The van der Waals surface area contributed by atoms with Crippen LogP contribution in [0.15, 0.2) is 47.4 Å². The molecule has 1 saturated heterocycles. The van der Waals surface area contributed by atoms with E-state index in [0.717, 1.165) is 32.7 Å². The minimum absolute atomic E-state index is 0.361. The molecule has 0 bridgehead atoms. The van der Waals surface area contributed by atoms with Crippen molar-refractivity contribution in [1.29, 1.82) is 0 Å². The zero-order valence-corrected chi connectivity index (χ0v) is 17.9. The Morgan fingerprint density at radius 3 is 2.80 bits per heavy atom. The van der Waals surface area contributed by atoms with Crippen molar-refractivity contribution in [2.75, 3.05) is 25.6 Å². The fourth-order valence-corrected chi connectivity index (χ4v) is 4.44. The van der Waals surface area contributed by atoms with Gasteiger partial charge in [-0.25, -0.2) is 4.98 Å². The molecule has 1 aromatic heterocycles. The van der Waals surface area contributed by atoms with Crippen LogP contribution in [0.1, 0.15) is 11.1 Å². The summed E-state index contributed by atoms with van der Waals surface area (Å²) in [6, 6.07) is 13.5. The molecule has 0 unspecified atom stereocenters. The molecule has 2 aromatic carbocycles. The van der Waals surface area contributed by atoms with Crippen LogP contribution in [0, 0.1) is 11.8 Å². The van der Waals surface area contributed by atoms with E-state index < -0.39 is 0 Å². The van der Waals surface area contributed by atoms with Gasteiger partial charge in [0.15, 0.2) is 5.13 Å². The first-order valence-corrected chi connectivity index (χ1v) is 10.7. The molecule has 0 atom stereocenters. The highest BCUT2D eigenvalue weighted by atomic mass is 32.2. The van der Waals surface area contributed by atoms with Gasteiger partial charge in [-0.2, -0.15) is 0 Å². The fraction of sp³-hybridized carbons (Fsp3) is 0.136. The third-order valence-electron chi connectivity index (χ3n) is 4.31. The number of nitrogens with one attached hydrogen (secondary N) is 1. The van der Waals surface area contributed by atoms with Gasteiger partial charge in [-0.1, -0.05) is 41.4 Å². The molecule has 1 aliphatic heterocycles. The van der Waals surface area contributed by atoms with Crippen LogP contribution >= 0.6 is 23.1 Å². The topological polar surface area (TPSA) is 71.5 Å². The number of anilines is 1. The third kappa shape index (κ3) is 4.32. The van der Waals surface area contributed by atoms with Crippen LogP contribution in [0.2, 0.25) is 0 Å². The van der Waals surface area contributed by atoms with Crippen LogP contribution in [0.3, 0.4) is 0 Å². The zero-order chi connectivity index (χ0) is 21.1. The Labute approximate surface area is 181 Å². The Bertz CT molecular complexity index is 1200. The van der Waals surface area contributed by atoms with Gasteiger partial charge in [-0.05, 0) is 47.7 Å². The fourth-order valence-electron chi connectivity index (χ4n) is 2.83. The smallest absolute Gasteiger partial charge is 0.290 e. The number of thioether (sulfide) groups is 1. The van der Waals surface area contributed by atoms with E-state index in [9.17, 15) is 9.59 Å². The van der Waals surface area contributed by atoms with E-state index in [2.05, 4.69) is 28.2 Å². The standard InChI is InChI=1S/C22H17N3O3S2/c1-25(21-23-16-7-3-4-8-18(16)29-21)11-5-6-15-12-14(9-10-17(15)28-2)13-19-20(26)24-22(27)30-19/h3-4,7-10,12-13H,11H2,1-2H3,(H,24,26,27). The second kappa shape index (κ2) is 8.61. The van der Waals surface area contributed by atoms with Crippen molar-refractivity contribution < 1.29 is 14.3 Å². The number of carbonyl (C=O) groups is 2. The number of fused-ring (bicyclic) bond motifs is 1. The predicted octanol–water partition coefficient (Wildman–Crippen LogP) is 4.12. The van der Waals surface area contributed by atoms with Gasteiger partial charge in [-0.15, -0.1) is 0 Å². The SMILES string of the molecule is COc1ccc(C=C2SC(=O)NC2=O)cc1C#CCN(C)c1nc2ccccc2s1. The Morgan fingerprint density at radius 1 is 1.23 bits per heavy atom. The molecule has 6 nitrogen and oxygen atoms in total. The summed E-state index contributed by atoms with van der Waals surface area (Å²) in [6.45, 7) is 0.501. The molecule has 1 fully saturated rings. The van der Waals surface area contributed by atoms with Gasteiger partial charge in [0.2, 0.25) is 0 Å². The molecule has 3 aromatic rings. The van der Waals surface area contributed by atoms with Crippen LogP contribution < -0.4 is 15.0 Å². The van der Waals surface area contributed by atoms with E-state index in [1.807, 2.05) is 42.3 Å². The monoisotopic (exact) mass is 435 g/mol. The van der Waals surface area contributed by atoms with E-state index in [1.165, 1.54) is 0 Å². The molecular formula is C22H17N3O3S2. The summed E-state index contributed by atoms with van der Waals surface area (Å²) in [5.41, 5.74) is 2.46. The van der Waals surface area contributed by atoms with Crippen LogP contribution in [-0.2, 0) is 4.79 Å². The van der Waals surface area contributed by atoms with Gasteiger partial charge < -0.3 is 9.64 Å². The number of thiazole rings is 1. The minimum atomic E-state index is -0.383. The highest BCUT2D eigenvalue weighted by Gasteiger charge is 2.24. The van der Waals surface area contributed by atoms with E-state index >= 15 is 0 Å². The Kier molecular flexibility index (Phi) is 5.74. The lowest BCUT2D eigenvalue weighted by atomic mass is 10.1. The molecule has 4 rings (SSSR count). The number of imide groups is 1. The molecule has 30 heavy (non-hydrogen) atoms. The van der Waals surface area contributed by atoms with Crippen molar-refractivity contribution in [3.8, 4) is 17.6 Å². The molecule has 0 radical (unpaired) electrons. The normalized spacial score (nSPS) is 14.5. The number of para-hydroxylation sites is 1. The maximum Gasteiger partial charge on any atom is 0.290 e. The molecule has 8 heteroatoms. The van der Waals surface area contributed by atoms with Crippen molar-refractivity contribution in [2.45, 2.75) is 0 Å². The largest absolute Gasteiger partial charge is 0.495 e. The highest BCUT2D eigenvalue weighted by molar-refractivity contribution is 8.18. The number of ether oxygens (including phenoxy) is 1. The lowest BCUT2D eigenvalue weighted by Gasteiger charge is -2.10. The second-order valence-corrected chi connectivity index (χ2v) is 8.46. The van der Waals surface area contributed by atoms with E-state index in [4.69, 9.17) is 4.74 Å². The molecule has 0 aliphatic carbocycles. The minimum Gasteiger partial charge on any atom is -0.495 e. The summed E-state index contributed by atoms with van der Waals surface area (Å²) in [6.07, 6.45) is 1.67. The number of methoxy groups -OCH3 is 1. The predicted molar refractivity (Wildman–Crippen MR) is 122 cm³/mol. The Balaban J connectivity index is 1.54. The quantitative estimate of drug-likeness (QED) is 0.491. The van der Waals surface area contributed by atoms with Crippen LogP contribution in [-0.4, -0.2) is 36.8 Å². The second-order valence-electron chi connectivity index (χ2n) is 6.43. The highest BCUT2D eigenvalue weighted by Crippen LogP contribution is 2.28. The molecule has 2 heterocycles. The summed E-state index contributed by atoms with van der Waals surface area (Å²) < 4.78 is 6.55. The average Bonchev–Trinajstić information content (AvgIpc) is 3.30. The molecule has 0 saturated carbocycles. The Morgan fingerprint density at radius 2 is 2.07 bits per heavy atom. The van der Waals surface area contributed by atoms with E-state index in [-0.39, 0.29) is 11.1 Å². The van der Waals surface area contributed by atoms with E-state index in [1.54, 1.807) is 30.6 Å². The summed E-state index contributed by atoms with van der Waals surface area (Å²) in [5.74, 6) is 6.56. The van der Waals surface area contributed by atoms with Gasteiger partial charge in [0.25, 0.3) is 11.1 Å². The van der Waals surface area contributed by atoms with Crippen molar-refractivity contribution in [2.24, 2.45) is 0 Å². The summed E-state index contributed by atoms with van der Waals surface area (Å²) in [7, 11) is 3.54. The third-order valence-corrected chi connectivity index (χ3v) is 6.27. The number of rotatable bonds is 4. The number of carbonyl (C=O) groups excluding carboxylic acids is 2. The molecule has 2 amide bonds. The first-order chi connectivity index (χ1) is 14.5. The summed E-state index contributed by atoms with van der Waals surface area (Å²) in [5, 5.41) is 2.79. The number of hydrogen-bond acceptors (Lipinski definition) is 7. The van der Waals surface area contributed by atoms with E-state index in [0.29, 0.717) is 22.8 Å². The van der Waals surface area contributed by atoms with Crippen molar-refractivity contribution in [3.05, 3.63) is 58.5 Å². The lowest BCUT2D eigenvalue weighted by molar-refractivity contribution is -0.115. The number of amides is 2. The first kappa shape index (κ1) is 20.0. The van der Waals surface area contributed by atoms with Crippen molar-refractivity contribution in [1.82, 2.24) is 10.3 Å². The van der Waals surface area contributed by atoms with Crippen molar-refractivity contribution in [3.63, 3.8) is 0 Å². The Hall–Kier alpha value is -3.28. The van der Waals surface area contributed by atoms with Crippen LogP contribution in [0.25, 0.3) is 16.3 Å². The average molecular weight is 436 g/mol. The summed E-state index contributed by atoms with van der Waals surface area (Å²) in [4.78, 5) is 30.1. The number of benzene rings is 2. The van der Waals surface area contributed by atoms with Crippen LogP contribution in [0.5, 0.6) is 5.75 Å². The maximum absolute atomic E-state index is 11.8. The summed E-state index contributed by atoms with van der Waals surface area (Å²) >= 11 is 2.51. The van der Waals surface area contributed by atoms with Crippen LogP contribution in [0.4, 0.5) is 9.93 Å². The first-order valence-electron chi connectivity index (χ1n) is 9.02. The number of aromatic nitrogens is 1. The molecule has 150 valence electrons. The molecular weight excluding hydrogens is 418 g/mol. The molecule has 1 N–H and O–H groups in total. The molecule has 1 aliphatic rings. The van der Waals surface area contributed by atoms with Gasteiger partial charge in [0, 0.05) is 7.05 Å². The van der Waals surface area contributed by atoms with Crippen molar-refractivity contribution >= 4 is 55.7 Å². The maximum atomic E-state index is 11.8.